The maximum absolute atomic E-state index is 12.8. The highest BCUT2D eigenvalue weighted by Gasteiger charge is 2.34. The molecule has 0 saturated carbocycles. The molecule has 0 saturated heterocycles. The van der Waals surface area contributed by atoms with Gasteiger partial charge in [0.15, 0.2) is 9.84 Å². The second kappa shape index (κ2) is 8.02. The van der Waals surface area contributed by atoms with E-state index in [1.807, 2.05) is 6.92 Å². The summed E-state index contributed by atoms with van der Waals surface area (Å²) in [6.07, 6.45) is -1.17. The van der Waals surface area contributed by atoms with Crippen LogP contribution in [-0.2, 0) is 24.2 Å². The van der Waals surface area contributed by atoms with Gasteiger partial charge in [-0.1, -0.05) is 29.8 Å². The van der Waals surface area contributed by atoms with E-state index in [0.717, 1.165) is 5.56 Å². The Balaban J connectivity index is 1.77. The number of methoxy groups -OCH3 is 1. The number of hydrogen-bond donors (Lipinski definition) is 0. The third-order valence-electron chi connectivity index (χ3n) is 4.50. The summed E-state index contributed by atoms with van der Waals surface area (Å²) in [7, 11) is -2.35. The van der Waals surface area contributed by atoms with Crippen molar-refractivity contribution in [2.75, 3.05) is 24.3 Å². The van der Waals surface area contributed by atoms with Gasteiger partial charge in [-0.25, -0.2) is 13.2 Å². The molecule has 2 aromatic carbocycles. The second-order valence-electron chi connectivity index (χ2n) is 6.48. The van der Waals surface area contributed by atoms with Gasteiger partial charge < -0.3 is 14.4 Å². The molecular formula is C20H21NO6S. The minimum Gasteiger partial charge on any atom is -0.475 e. The topological polar surface area (TPSA) is 90.0 Å². The molecule has 1 aliphatic heterocycles. The number of aryl methyl sites for hydroxylation is 1. The molecular weight excluding hydrogens is 382 g/mol. The Bertz CT molecular complexity index is 984. The first-order valence-electron chi connectivity index (χ1n) is 8.75. The molecule has 2 aromatic rings. The number of nitrogens with zero attached hydrogens (tertiary/aromatic N) is 1. The van der Waals surface area contributed by atoms with Gasteiger partial charge in [0, 0.05) is 6.42 Å². The fourth-order valence-electron chi connectivity index (χ4n) is 2.94. The van der Waals surface area contributed by atoms with E-state index in [1.54, 1.807) is 36.4 Å². The molecule has 28 heavy (non-hydrogen) atoms. The second-order valence-corrected chi connectivity index (χ2v) is 8.59. The summed E-state index contributed by atoms with van der Waals surface area (Å²) >= 11 is 0. The Hall–Kier alpha value is -2.87. The molecule has 148 valence electrons. The zero-order valence-electron chi connectivity index (χ0n) is 15.6. The third-order valence-corrected chi connectivity index (χ3v) is 6.24. The number of benzene rings is 2. The van der Waals surface area contributed by atoms with Gasteiger partial charge in [0.05, 0.1) is 30.0 Å². The minimum absolute atomic E-state index is 0.0346. The Labute approximate surface area is 163 Å². The number of esters is 1. The van der Waals surface area contributed by atoms with Crippen LogP contribution in [-0.4, -0.2) is 45.8 Å². The molecule has 1 amide bonds. The van der Waals surface area contributed by atoms with E-state index >= 15 is 0 Å². The zero-order valence-corrected chi connectivity index (χ0v) is 16.4. The molecule has 0 spiro atoms. The smallest absolute Gasteiger partial charge is 0.348 e. The predicted octanol–water partition coefficient (Wildman–Crippen LogP) is 2.13. The molecule has 1 heterocycles. The Morgan fingerprint density at radius 3 is 2.50 bits per heavy atom. The number of anilines is 1. The van der Waals surface area contributed by atoms with Crippen molar-refractivity contribution in [3.05, 3.63) is 54.1 Å². The largest absolute Gasteiger partial charge is 0.475 e. The number of ether oxygens (including phenoxy) is 2. The van der Waals surface area contributed by atoms with Gasteiger partial charge >= 0.3 is 5.97 Å². The van der Waals surface area contributed by atoms with Crippen LogP contribution in [0.3, 0.4) is 0 Å². The SMILES string of the molecule is COC(=O)[C@H]1CN(C(=O)CCS(=O)(=O)c2ccc(C)cc2)c2ccccc2O1. The van der Waals surface area contributed by atoms with Crippen LogP contribution in [0.4, 0.5) is 5.69 Å². The van der Waals surface area contributed by atoms with Gasteiger partial charge in [0.1, 0.15) is 5.75 Å². The number of hydrogen-bond acceptors (Lipinski definition) is 6. The van der Waals surface area contributed by atoms with Crippen LogP contribution in [0.2, 0.25) is 0 Å². The van der Waals surface area contributed by atoms with Gasteiger partial charge in [-0.2, -0.15) is 0 Å². The van der Waals surface area contributed by atoms with Crippen LogP contribution in [0.25, 0.3) is 0 Å². The van der Waals surface area contributed by atoms with E-state index in [2.05, 4.69) is 0 Å². The molecule has 1 atom stereocenters. The molecule has 0 bridgehead atoms. The molecule has 3 rings (SSSR count). The van der Waals surface area contributed by atoms with Crippen LogP contribution in [0.15, 0.2) is 53.4 Å². The van der Waals surface area contributed by atoms with Crippen molar-refractivity contribution >= 4 is 27.4 Å². The van der Waals surface area contributed by atoms with Crippen LogP contribution < -0.4 is 9.64 Å². The standard InChI is InChI=1S/C20H21NO6S/c1-14-7-9-15(10-8-14)28(24,25)12-11-19(22)21-13-18(20(23)26-2)27-17-6-4-3-5-16(17)21/h3-10,18H,11-13H2,1-2H3/t18-/m1/s1. The van der Waals surface area contributed by atoms with Crippen LogP contribution in [0.1, 0.15) is 12.0 Å². The fraction of sp³-hybridized carbons (Fsp3) is 0.300. The highest BCUT2D eigenvalue weighted by atomic mass is 32.2. The van der Waals surface area contributed by atoms with Crippen molar-refractivity contribution in [3.8, 4) is 5.75 Å². The van der Waals surface area contributed by atoms with Crippen LogP contribution >= 0.6 is 0 Å². The molecule has 0 radical (unpaired) electrons. The maximum Gasteiger partial charge on any atom is 0.348 e. The Kier molecular flexibility index (Phi) is 5.69. The number of fused-ring (bicyclic) bond motifs is 1. The number of amides is 1. The highest BCUT2D eigenvalue weighted by Crippen LogP contribution is 2.33. The van der Waals surface area contributed by atoms with Crippen molar-refractivity contribution in [1.82, 2.24) is 0 Å². The maximum atomic E-state index is 12.8. The summed E-state index contributed by atoms with van der Waals surface area (Å²) in [6.45, 7) is 1.83. The van der Waals surface area contributed by atoms with Crippen molar-refractivity contribution in [1.29, 1.82) is 0 Å². The Morgan fingerprint density at radius 1 is 1.14 bits per heavy atom. The number of carbonyl (C=O) groups excluding carboxylic acids is 2. The number of sulfone groups is 1. The summed E-state index contributed by atoms with van der Waals surface area (Å²) in [5, 5.41) is 0. The summed E-state index contributed by atoms with van der Waals surface area (Å²) in [6, 6.07) is 13.3. The lowest BCUT2D eigenvalue weighted by atomic mass is 10.1. The van der Waals surface area contributed by atoms with E-state index in [9.17, 15) is 18.0 Å². The van der Waals surface area contributed by atoms with Crippen molar-refractivity contribution in [2.45, 2.75) is 24.3 Å². The van der Waals surface area contributed by atoms with E-state index in [0.29, 0.717) is 11.4 Å². The van der Waals surface area contributed by atoms with Crippen molar-refractivity contribution in [2.24, 2.45) is 0 Å². The number of para-hydroxylation sites is 2. The van der Waals surface area contributed by atoms with E-state index < -0.39 is 27.8 Å². The normalized spacial score (nSPS) is 16.1. The van der Waals surface area contributed by atoms with Gasteiger partial charge in [-0.05, 0) is 31.2 Å². The van der Waals surface area contributed by atoms with Crippen LogP contribution in [0.5, 0.6) is 5.75 Å². The Morgan fingerprint density at radius 2 is 1.82 bits per heavy atom. The van der Waals surface area contributed by atoms with Gasteiger partial charge in [-0.3, -0.25) is 4.79 Å². The summed E-state index contributed by atoms with van der Waals surface area (Å²) < 4.78 is 35.4. The van der Waals surface area contributed by atoms with Crippen molar-refractivity contribution in [3.63, 3.8) is 0 Å². The quantitative estimate of drug-likeness (QED) is 0.711. The molecule has 0 fully saturated rings. The van der Waals surface area contributed by atoms with Crippen LogP contribution in [0, 0.1) is 6.92 Å². The van der Waals surface area contributed by atoms with Gasteiger partial charge in [0.25, 0.3) is 0 Å². The first kappa shape index (κ1) is 19.9. The van der Waals surface area contributed by atoms with Gasteiger partial charge in [-0.15, -0.1) is 0 Å². The zero-order chi connectivity index (χ0) is 20.3. The lowest BCUT2D eigenvalue weighted by Crippen LogP contribution is -2.47. The van der Waals surface area contributed by atoms with Crippen molar-refractivity contribution < 1.29 is 27.5 Å². The molecule has 8 heteroatoms. The molecule has 0 aliphatic carbocycles. The lowest BCUT2D eigenvalue weighted by molar-refractivity contribution is -0.148. The first-order chi connectivity index (χ1) is 13.3. The average Bonchev–Trinajstić information content (AvgIpc) is 2.71. The van der Waals surface area contributed by atoms with E-state index in [1.165, 1.54) is 24.1 Å². The predicted molar refractivity (Wildman–Crippen MR) is 103 cm³/mol. The highest BCUT2D eigenvalue weighted by molar-refractivity contribution is 7.91. The van der Waals surface area contributed by atoms with E-state index in [-0.39, 0.29) is 23.6 Å². The molecule has 0 aromatic heterocycles. The average molecular weight is 403 g/mol. The summed E-state index contributed by atoms with van der Waals surface area (Å²) in [5.74, 6) is -0.948. The number of carbonyl (C=O) groups is 2. The number of rotatable bonds is 5. The summed E-state index contributed by atoms with van der Waals surface area (Å²) in [5.41, 5.74) is 1.45. The summed E-state index contributed by atoms with van der Waals surface area (Å²) in [4.78, 5) is 26.3. The molecule has 0 N–H and O–H groups in total. The van der Waals surface area contributed by atoms with E-state index in [4.69, 9.17) is 9.47 Å². The lowest BCUT2D eigenvalue weighted by Gasteiger charge is -2.33. The monoisotopic (exact) mass is 403 g/mol. The van der Waals surface area contributed by atoms with Gasteiger partial charge in [0.2, 0.25) is 12.0 Å². The molecule has 0 unspecified atom stereocenters. The fourth-order valence-corrected chi connectivity index (χ4v) is 4.17. The molecule has 7 nitrogen and oxygen atoms in total. The molecule has 1 aliphatic rings. The third kappa shape index (κ3) is 4.17. The first-order valence-corrected chi connectivity index (χ1v) is 10.4. The minimum atomic E-state index is -3.59.